The van der Waals surface area contributed by atoms with E-state index in [1.807, 2.05) is 11.8 Å². The SMILES string of the molecule is O=C(O)C1CCC(c2nc(C3CCCCS3)no2)C1. The molecule has 5 nitrogen and oxygen atoms in total. The highest BCUT2D eigenvalue weighted by Gasteiger charge is 2.34. The topological polar surface area (TPSA) is 76.2 Å². The van der Waals surface area contributed by atoms with E-state index in [1.54, 1.807) is 0 Å². The standard InChI is InChI=1S/C13H18N2O3S/c16-13(17)9-5-4-8(7-9)12-14-11(15-18-12)10-3-1-2-6-19-10/h8-10H,1-7H2,(H,16,17). The molecule has 1 aliphatic heterocycles. The van der Waals surface area contributed by atoms with Crippen molar-refractivity contribution in [3.63, 3.8) is 0 Å². The van der Waals surface area contributed by atoms with Gasteiger partial charge in [-0.15, -0.1) is 0 Å². The molecule has 1 N–H and O–H groups in total. The van der Waals surface area contributed by atoms with E-state index < -0.39 is 5.97 Å². The van der Waals surface area contributed by atoms with Gasteiger partial charge in [0.2, 0.25) is 5.89 Å². The van der Waals surface area contributed by atoms with E-state index in [2.05, 4.69) is 10.1 Å². The van der Waals surface area contributed by atoms with Crippen LogP contribution in [0.5, 0.6) is 0 Å². The fourth-order valence-electron chi connectivity index (χ4n) is 2.92. The normalized spacial score (nSPS) is 31.5. The number of carboxylic acid groups (broad SMARTS) is 1. The number of aliphatic carboxylic acids is 1. The monoisotopic (exact) mass is 282 g/mol. The van der Waals surface area contributed by atoms with Crippen molar-refractivity contribution in [3.8, 4) is 0 Å². The Morgan fingerprint density at radius 3 is 2.89 bits per heavy atom. The van der Waals surface area contributed by atoms with Crippen LogP contribution in [0.1, 0.15) is 61.4 Å². The maximum absolute atomic E-state index is 11.0. The van der Waals surface area contributed by atoms with Crippen molar-refractivity contribution in [3.05, 3.63) is 11.7 Å². The number of hydrogen-bond donors (Lipinski definition) is 1. The summed E-state index contributed by atoms with van der Waals surface area (Å²) in [6.07, 6.45) is 5.81. The molecule has 0 radical (unpaired) electrons. The minimum Gasteiger partial charge on any atom is -0.481 e. The van der Waals surface area contributed by atoms with Gasteiger partial charge in [-0.05, 0) is 37.9 Å². The molecule has 1 aromatic heterocycles. The molecule has 0 bridgehead atoms. The Labute approximate surface area is 116 Å². The first-order chi connectivity index (χ1) is 9.24. The Kier molecular flexibility index (Phi) is 3.77. The zero-order valence-corrected chi connectivity index (χ0v) is 11.6. The summed E-state index contributed by atoms with van der Waals surface area (Å²) in [5.41, 5.74) is 0. The molecule has 3 atom stereocenters. The van der Waals surface area contributed by atoms with Gasteiger partial charge in [0.15, 0.2) is 5.82 Å². The summed E-state index contributed by atoms with van der Waals surface area (Å²) in [4.78, 5) is 15.5. The maximum Gasteiger partial charge on any atom is 0.306 e. The quantitative estimate of drug-likeness (QED) is 0.918. The van der Waals surface area contributed by atoms with Crippen molar-refractivity contribution < 1.29 is 14.4 Å². The number of carbonyl (C=O) groups is 1. The smallest absolute Gasteiger partial charge is 0.306 e. The van der Waals surface area contributed by atoms with Crippen molar-refractivity contribution >= 4 is 17.7 Å². The van der Waals surface area contributed by atoms with Gasteiger partial charge in [0.1, 0.15) is 0 Å². The van der Waals surface area contributed by atoms with Gasteiger partial charge in [0, 0.05) is 5.92 Å². The summed E-state index contributed by atoms with van der Waals surface area (Å²) in [5, 5.41) is 13.5. The molecule has 0 amide bonds. The summed E-state index contributed by atoms with van der Waals surface area (Å²) in [6, 6.07) is 0. The lowest BCUT2D eigenvalue weighted by atomic mass is 10.1. The van der Waals surface area contributed by atoms with Crippen molar-refractivity contribution in [1.29, 1.82) is 0 Å². The van der Waals surface area contributed by atoms with Crippen LogP contribution in [0.15, 0.2) is 4.52 Å². The lowest BCUT2D eigenvalue weighted by Gasteiger charge is -2.17. The third-order valence-electron chi connectivity index (χ3n) is 4.06. The molecule has 1 saturated heterocycles. The van der Waals surface area contributed by atoms with Gasteiger partial charge in [-0.3, -0.25) is 4.79 Å². The Hall–Kier alpha value is -1.04. The first-order valence-electron chi connectivity index (χ1n) is 6.92. The summed E-state index contributed by atoms with van der Waals surface area (Å²) in [6.45, 7) is 0. The number of aromatic nitrogens is 2. The number of nitrogens with zero attached hydrogens (tertiary/aromatic N) is 2. The molecule has 2 aliphatic rings. The first kappa shape index (κ1) is 13.0. The van der Waals surface area contributed by atoms with Crippen LogP contribution < -0.4 is 0 Å². The molecule has 2 heterocycles. The predicted octanol–water partition coefficient (Wildman–Crippen LogP) is 3.00. The highest BCUT2D eigenvalue weighted by molar-refractivity contribution is 7.99. The third kappa shape index (κ3) is 2.78. The zero-order chi connectivity index (χ0) is 13.2. The third-order valence-corrected chi connectivity index (χ3v) is 5.43. The molecule has 0 spiro atoms. The van der Waals surface area contributed by atoms with Crippen molar-refractivity contribution in [2.45, 2.75) is 49.7 Å². The fourth-order valence-corrected chi connectivity index (χ4v) is 4.15. The molecule has 1 saturated carbocycles. The highest BCUT2D eigenvalue weighted by atomic mass is 32.2. The second kappa shape index (κ2) is 5.53. The lowest BCUT2D eigenvalue weighted by Crippen LogP contribution is -2.09. The molecular formula is C13H18N2O3S. The summed E-state index contributed by atoms with van der Waals surface area (Å²) >= 11 is 1.90. The van der Waals surface area contributed by atoms with E-state index in [0.29, 0.717) is 17.6 Å². The van der Waals surface area contributed by atoms with Crippen LogP contribution in [0.4, 0.5) is 0 Å². The van der Waals surface area contributed by atoms with Crippen LogP contribution in [0.2, 0.25) is 0 Å². The molecule has 3 rings (SSSR count). The van der Waals surface area contributed by atoms with Gasteiger partial charge >= 0.3 is 5.97 Å². The summed E-state index contributed by atoms with van der Waals surface area (Å²) in [5.74, 6) is 1.80. The Morgan fingerprint density at radius 2 is 2.21 bits per heavy atom. The molecule has 3 unspecified atom stereocenters. The second-order valence-electron chi connectivity index (χ2n) is 5.39. The van der Waals surface area contributed by atoms with Crippen molar-refractivity contribution in [2.75, 3.05) is 5.75 Å². The second-order valence-corrected chi connectivity index (χ2v) is 6.70. The van der Waals surface area contributed by atoms with Gasteiger partial charge in [-0.25, -0.2) is 0 Å². The molecule has 1 aromatic rings. The number of carboxylic acids is 1. The van der Waals surface area contributed by atoms with Crippen LogP contribution in [-0.2, 0) is 4.79 Å². The Bertz CT molecular complexity index is 456. The number of rotatable bonds is 3. The van der Waals surface area contributed by atoms with E-state index in [-0.39, 0.29) is 11.8 Å². The first-order valence-corrected chi connectivity index (χ1v) is 7.97. The van der Waals surface area contributed by atoms with Gasteiger partial charge in [-0.1, -0.05) is 11.6 Å². The highest BCUT2D eigenvalue weighted by Crippen LogP contribution is 2.40. The fraction of sp³-hybridized carbons (Fsp3) is 0.769. The van der Waals surface area contributed by atoms with E-state index in [0.717, 1.165) is 25.1 Å². The molecule has 19 heavy (non-hydrogen) atoms. The minimum atomic E-state index is -0.704. The van der Waals surface area contributed by atoms with Gasteiger partial charge < -0.3 is 9.63 Å². The van der Waals surface area contributed by atoms with Gasteiger partial charge in [0.25, 0.3) is 0 Å². The van der Waals surface area contributed by atoms with Gasteiger partial charge in [-0.2, -0.15) is 16.7 Å². The summed E-state index contributed by atoms with van der Waals surface area (Å²) < 4.78 is 5.36. The Morgan fingerprint density at radius 1 is 1.32 bits per heavy atom. The lowest BCUT2D eigenvalue weighted by molar-refractivity contribution is -0.141. The molecule has 2 fully saturated rings. The maximum atomic E-state index is 11.0. The van der Waals surface area contributed by atoms with Gasteiger partial charge in [0.05, 0.1) is 11.2 Å². The van der Waals surface area contributed by atoms with Crippen molar-refractivity contribution in [2.24, 2.45) is 5.92 Å². The predicted molar refractivity (Wildman–Crippen MR) is 71.1 cm³/mol. The minimum absolute atomic E-state index is 0.135. The average Bonchev–Trinajstić information content (AvgIpc) is 3.09. The van der Waals surface area contributed by atoms with E-state index >= 15 is 0 Å². The van der Waals surface area contributed by atoms with Crippen LogP contribution in [0, 0.1) is 5.92 Å². The molecule has 6 heteroatoms. The summed E-state index contributed by atoms with van der Waals surface area (Å²) in [7, 11) is 0. The van der Waals surface area contributed by atoms with Crippen LogP contribution in [0.3, 0.4) is 0 Å². The van der Waals surface area contributed by atoms with E-state index in [9.17, 15) is 4.79 Å². The molecular weight excluding hydrogens is 264 g/mol. The van der Waals surface area contributed by atoms with Crippen LogP contribution in [-0.4, -0.2) is 27.0 Å². The van der Waals surface area contributed by atoms with Crippen LogP contribution in [0.25, 0.3) is 0 Å². The average molecular weight is 282 g/mol. The molecule has 104 valence electrons. The van der Waals surface area contributed by atoms with E-state index in [4.69, 9.17) is 9.63 Å². The number of thioether (sulfide) groups is 1. The van der Waals surface area contributed by atoms with Crippen molar-refractivity contribution in [1.82, 2.24) is 10.1 Å². The van der Waals surface area contributed by atoms with Crippen LogP contribution >= 0.6 is 11.8 Å². The molecule has 1 aliphatic carbocycles. The Balaban J connectivity index is 1.66. The molecule has 0 aromatic carbocycles. The largest absolute Gasteiger partial charge is 0.481 e. The number of hydrogen-bond acceptors (Lipinski definition) is 5. The zero-order valence-electron chi connectivity index (χ0n) is 10.7. The van der Waals surface area contributed by atoms with E-state index in [1.165, 1.54) is 18.6 Å².